The summed E-state index contributed by atoms with van der Waals surface area (Å²) >= 11 is 5.93. The lowest BCUT2D eigenvalue weighted by Crippen LogP contribution is -2.29. The Kier molecular flexibility index (Phi) is 5.86. The predicted molar refractivity (Wildman–Crippen MR) is 76.8 cm³/mol. The highest BCUT2D eigenvalue weighted by Crippen LogP contribution is 2.30. The fourth-order valence-corrected chi connectivity index (χ4v) is 1.65. The van der Waals surface area contributed by atoms with E-state index >= 15 is 0 Å². The van der Waals surface area contributed by atoms with Gasteiger partial charge in [-0.3, -0.25) is 0 Å². The highest BCUT2D eigenvalue weighted by atomic mass is 35.5. The van der Waals surface area contributed by atoms with E-state index in [2.05, 4.69) is 17.2 Å². The molecule has 0 fully saturated rings. The number of hydrogen-bond donors (Lipinski definition) is 3. The average Bonchev–Trinajstić information content (AvgIpc) is 2.40. The monoisotopic (exact) mass is 298 g/mol. The molecule has 0 aliphatic carbocycles. The van der Waals surface area contributed by atoms with E-state index in [1.807, 2.05) is 0 Å². The van der Waals surface area contributed by atoms with Gasteiger partial charge in [-0.25, -0.2) is 9.59 Å². The fourth-order valence-electron chi connectivity index (χ4n) is 1.44. The van der Waals surface area contributed by atoms with Crippen molar-refractivity contribution in [1.29, 1.82) is 0 Å². The summed E-state index contributed by atoms with van der Waals surface area (Å²) in [5, 5.41) is 14.2. The minimum Gasteiger partial charge on any atom is -0.496 e. The summed E-state index contributed by atoms with van der Waals surface area (Å²) in [4.78, 5) is 22.6. The van der Waals surface area contributed by atoms with Crippen LogP contribution in [0.1, 0.15) is 16.8 Å². The molecule has 1 aromatic rings. The fraction of sp³-hybridized carbons (Fsp3) is 0.231. The summed E-state index contributed by atoms with van der Waals surface area (Å²) in [6.45, 7) is 3.98. The molecule has 0 aromatic heterocycles. The predicted octanol–water partition coefficient (Wildman–Crippen LogP) is 2.74. The number of rotatable bonds is 6. The first-order valence-corrected chi connectivity index (χ1v) is 6.14. The molecule has 1 aromatic carbocycles. The molecule has 2 amide bonds. The van der Waals surface area contributed by atoms with Crippen molar-refractivity contribution in [3.63, 3.8) is 0 Å². The van der Waals surface area contributed by atoms with E-state index in [4.69, 9.17) is 21.4 Å². The van der Waals surface area contributed by atoms with Gasteiger partial charge in [0.25, 0.3) is 0 Å². The first-order valence-electron chi connectivity index (χ1n) is 5.76. The van der Waals surface area contributed by atoms with E-state index in [-0.39, 0.29) is 22.0 Å². The number of anilines is 1. The minimum atomic E-state index is -1.16. The van der Waals surface area contributed by atoms with Crippen LogP contribution in [-0.2, 0) is 0 Å². The molecule has 0 spiro atoms. The van der Waals surface area contributed by atoms with Crippen molar-refractivity contribution >= 4 is 29.3 Å². The Morgan fingerprint density at radius 2 is 2.20 bits per heavy atom. The van der Waals surface area contributed by atoms with E-state index < -0.39 is 12.0 Å². The van der Waals surface area contributed by atoms with Gasteiger partial charge < -0.3 is 20.5 Å². The Hall–Kier alpha value is -2.21. The van der Waals surface area contributed by atoms with Gasteiger partial charge in [0.05, 0.1) is 17.8 Å². The maximum Gasteiger partial charge on any atom is 0.339 e. The molecule has 0 saturated carbocycles. The summed E-state index contributed by atoms with van der Waals surface area (Å²) in [7, 11) is 1.34. The second-order valence-corrected chi connectivity index (χ2v) is 4.20. The van der Waals surface area contributed by atoms with E-state index in [1.165, 1.54) is 19.2 Å². The van der Waals surface area contributed by atoms with Crippen LogP contribution < -0.4 is 15.4 Å². The van der Waals surface area contributed by atoms with Gasteiger partial charge in [0.15, 0.2) is 0 Å². The number of methoxy groups -OCH3 is 1. The molecule has 20 heavy (non-hydrogen) atoms. The van der Waals surface area contributed by atoms with Crippen LogP contribution in [0.15, 0.2) is 24.8 Å². The molecule has 1 rings (SSSR count). The molecule has 108 valence electrons. The summed E-state index contributed by atoms with van der Waals surface area (Å²) in [6.07, 6.45) is 2.32. The van der Waals surface area contributed by atoms with E-state index in [9.17, 15) is 9.59 Å². The van der Waals surface area contributed by atoms with Gasteiger partial charge in [0.2, 0.25) is 0 Å². The number of amides is 2. The quantitative estimate of drug-likeness (QED) is 0.556. The lowest BCUT2D eigenvalue weighted by molar-refractivity contribution is 0.0693. The Balaban J connectivity index is 2.88. The van der Waals surface area contributed by atoms with E-state index in [1.54, 1.807) is 6.08 Å². The Morgan fingerprint density at radius 1 is 1.50 bits per heavy atom. The minimum absolute atomic E-state index is 0.0740. The smallest absolute Gasteiger partial charge is 0.339 e. The number of halogens is 1. The molecule has 0 radical (unpaired) electrons. The summed E-state index contributed by atoms with van der Waals surface area (Å²) in [6, 6.07) is 2.14. The molecule has 0 heterocycles. The molecule has 0 atom stereocenters. The SMILES string of the molecule is C=CCCNC(=O)Nc1cc(OC)c(C(=O)O)cc1Cl. The molecule has 0 bridgehead atoms. The van der Waals surface area contributed by atoms with Gasteiger partial charge >= 0.3 is 12.0 Å². The number of carboxylic acid groups (broad SMARTS) is 1. The standard InChI is InChI=1S/C13H15ClN2O4/c1-3-4-5-15-13(19)16-10-7-11(20-2)8(12(17)18)6-9(10)14/h3,6-7H,1,4-5H2,2H3,(H,17,18)(H2,15,16,19). The molecule has 7 heteroatoms. The number of aromatic carboxylic acids is 1. The molecule has 3 N–H and O–H groups in total. The van der Waals surface area contributed by atoms with Crippen molar-refractivity contribution in [2.75, 3.05) is 19.0 Å². The van der Waals surface area contributed by atoms with Gasteiger partial charge in [-0.1, -0.05) is 17.7 Å². The number of ether oxygens (including phenoxy) is 1. The van der Waals surface area contributed by atoms with Crippen LogP contribution in [0.3, 0.4) is 0 Å². The van der Waals surface area contributed by atoms with Crippen LogP contribution in [0.2, 0.25) is 5.02 Å². The topological polar surface area (TPSA) is 87.7 Å². The number of carboxylic acids is 1. The van der Waals surface area contributed by atoms with Crippen molar-refractivity contribution < 1.29 is 19.4 Å². The normalized spacial score (nSPS) is 9.70. The molecule has 0 aliphatic rings. The van der Waals surface area contributed by atoms with Crippen molar-refractivity contribution in [3.8, 4) is 5.75 Å². The zero-order valence-electron chi connectivity index (χ0n) is 10.9. The highest BCUT2D eigenvalue weighted by Gasteiger charge is 2.16. The van der Waals surface area contributed by atoms with E-state index in [0.717, 1.165) is 0 Å². The third-order valence-corrected chi connectivity index (χ3v) is 2.71. The molecule has 0 unspecified atom stereocenters. The van der Waals surface area contributed by atoms with Crippen molar-refractivity contribution in [1.82, 2.24) is 5.32 Å². The number of urea groups is 1. The zero-order chi connectivity index (χ0) is 15.1. The van der Waals surface area contributed by atoms with E-state index in [0.29, 0.717) is 13.0 Å². The largest absolute Gasteiger partial charge is 0.496 e. The maximum atomic E-state index is 11.6. The van der Waals surface area contributed by atoms with Crippen LogP contribution in [0, 0.1) is 0 Å². The first-order chi connectivity index (χ1) is 9.49. The molecule has 6 nitrogen and oxygen atoms in total. The van der Waals surface area contributed by atoms with Gasteiger partial charge in [0.1, 0.15) is 11.3 Å². The molecular formula is C13H15ClN2O4. The zero-order valence-corrected chi connectivity index (χ0v) is 11.7. The summed E-state index contributed by atoms with van der Waals surface area (Å²) in [5.41, 5.74) is 0.194. The second-order valence-electron chi connectivity index (χ2n) is 3.80. The van der Waals surface area contributed by atoms with Crippen LogP contribution >= 0.6 is 11.6 Å². The first kappa shape index (κ1) is 15.8. The number of carbonyl (C=O) groups excluding carboxylic acids is 1. The Bertz CT molecular complexity index is 531. The summed E-state index contributed by atoms with van der Waals surface area (Å²) < 4.78 is 4.96. The van der Waals surface area contributed by atoms with Crippen LogP contribution in [0.5, 0.6) is 5.75 Å². The summed E-state index contributed by atoms with van der Waals surface area (Å²) in [5.74, 6) is -1.05. The van der Waals surface area contributed by atoms with Crippen LogP contribution in [0.25, 0.3) is 0 Å². The van der Waals surface area contributed by atoms with Gasteiger partial charge in [-0.15, -0.1) is 6.58 Å². The molecular weight excluding hydrogens is 284 g/mol. The number of carbonyl (C=O) groups is 2. The second kappa shape index (κ2) is 7.40. The lowest BCUT2D eigenvalue weighted by Gasteiger charge is -2.12. The van der Waals surface area contributed by atoms with Gasteiger partial charge in [0, 0.05) is 12.6 Å². The van der Waals surface area contributed by atoms with Gasteiger partial charge in [-0.05, 0) is 12.5 Å². The average molecular weight is 299 g/mol. The Labute approximate surface area is 121 Å². The number of nitrogens with one attached hydrogen (secondary N) is 2. The van der Waals surface area contributed by atoms with Crippen molar-refractivity contribution in [2.45, 2.75) is 6.42 Å². The number of benzene rings is 1. The third kappa shape index (κ3) is 4.17. The van der Waals surface area contributed by atoms with Crippen LogP contribution in [-0.4, -0.2) is 30.8 Å². The maximum absolute atomic E-state index is 11.6. The Morgan fingerprint density at radius 3 is 2.75 bits per heavy atom. The lowest BCUT2D eigenvalue weighted by atomic mass is 10.2. The van der Waals surface area contributed by atoms with Crippen LogP contribution in [0.4, 0.5) is 10.5 Å². The molecule has 0 saturated heterocycles. The molecule has 0 aliphatic heterocycles. The van der Waals surface area contributed by atoms with Crippen molar-refractivity contribution in [3.05, 3.63) is 35.4 Å². The number of hydrogen-bond acceptors (Lipinski definition) is 3. The highest BCUT2D eigenvalue weighted by molar-refractivity contribution is 6.34. The third-order valence-electron chi connectivity index (χ3n) is 2.40. The van der Waals surface area contributed by atoms with Crippen molar-refractivity contribution in [2.24, 2.45) is 0 Å². The van der Waals surface area contributed by atoms with Gasteiger partial charge in [-0.2, -0.15) is 0 Å².